The summed E-state index contributed by atoms with van der Waals surface area (Å²) in [6, 6.07) is 0. The fourth-order valence-corrected chi connectivity index (χ4v) is 0.293. The molecule has 0 rings (SSSR count). The zero-order valence-corrected chi connectivity index (χ0v) is 4.21. The zero-order chi connectivity index (χ0) is 4.99. The maximum absolute atomic E-state index is 11.0. The van der Waals surface area contributed by atoms with Gasteiger partial charge in [-0.05, 0) is 0 Å². The summed E-state index contributed by atoms with van der Waals surface area (Å²) in [7, 11) is -1.56. The topological polar surface area (TPSA) is 9.23 Å². The number of methoxy groups -OCH3 is 1. The van der Waals surface area contributed by atoms with Gasteiger partial charge >= 0.3 is 0 Å². The van der Waals surface area contributed by atoms with Gasteiger partial charge in [0.25, 0.3) is 8.54 Å². The van der Waals surface area contributed by atoms with Gasteiger partial charge in [0.2, 0.25) is 0 Å². The molecule has 0 aromatic heterocycles. The van der Waals surface area contributed by atoms with Gasteiger partial charge in [-0.3, -0.25) is 0 Å². The molecule has 4 heteroatoms. The molecule has 0 aliphatic rings. The van der Waals surface area contributed by atoms with Crippen LogP contribution in [0.3, 0.4) is 0 Å². The third-order valence-corrected chi connectivity index (χ3v) is 0.680. The number of rotatable bonds is 2. The van der Waals surface area contributed by atoms with Gasteiger partial charge in [-0.25, -0.2) is 0 Å². The van der Waals surface area contributed by atoms with E-state index in [4.69, 9.17) is 0 Å². The second kappa shape index (κ2) is 3.44. The average molecular weight is 114 g/mol. The Morgan fingerprint density at radius 1 is 1.67 bits per heavy atom. The molecule has 0 unspecified atom stereocenters. The third-order valence-electron chi connectivity index (χ3n) is 0.227. The van der Waals surface area contributed by atoms with Crippen LogP contribution in [0.15, 0.2) is 0 Å². The normalized spacial score (nSPS) is 10.0. The van der Waals surface area contributed by atoms with Crippen LogP contribution in [0.2, 0.25) is 0 Å². The molecule has 0 saturated carbocycles. The molecule has 0 spiro atoms. The van der Waals surface area contributed by atoms with E-state index in [0.717, 1.165) is 0 Å². The van der Waals surface area contributed by atoms with E-state index in [2.05, 4.69) is 4.74 Å². The molecule has 0 aromatic rings. The Hall–Kier alpha value is 0.250. The van der Waals surface area contributed by atoms with Crippen LogP contribution in [-0.2, 0) is 4.74 Å². The summed E-state index contributed by atoms with van der Waals surface area (Å²) in [4.78, 5) is 0. The lowest BCUT2D eigenvalue weighted by molar-refractivity contribution is 0.247. The number of ether oxygens (including phenoxy) is 1. The van der Waals surface area contributed by atoms with E-state index in [-0.39, 0.29) is 0 Å². The van der Waals surface area contributed by atoms with Crippen LogP contribution in [0, 0.1) is 0 Å². The van der Waals surface area contributed by atoms with Gasteiger partial charge < -0.3 is 4.74 Å². The summed E-state index contributed by atoms with van der Waals surface area (Å²) in [5.41, 5.74) is 0. The Bertz CT molecular complexity index is 32.7. The Morgan fingerprint density at radius 2 is 2.17 bits per heavy atom. The van der Waals surface area contributed by atoms with Crippen LogP contribution >= 0.6 is 8.54 Å². The Kier molecular flexibility index (Phi) is 3.58. The average Bonchev–Trinajstić information content (AvgIpc) is 1.35. The summed E-state index contributed by atoms with van der Waals surface area (Å²) >= 11 is 0. The summed E-state index contributed by atoms with van der Waals surface area (Å²) in [6.45, 7) is 0. The van der Waals surface area contributed by atoms with E-state index < -0.39 is 14.9 Å². The van der Waals surface area contributed by atoms with Crippen molar-refractivity contribution in [2.24, 2.45) is 0 Å². The van der Waals surface area contributed by atoms with Crippen molar-refractivity contribution in [3.8, 4) is 0 Å². The predicted molar refractivity (Wildman–Crippen MR) is 21.0 cm³/mol. The highest BCUT2D eigenvalue weighted by Gasteiger charge is 1.98. The molecule has 6 heavy (non-hydrogen) atoms. The van der Waals surface area contributed by atoms with Crippen molar-refractivity contribution in [2.45, 2.75) is 0 Å². The van der Waals surface area contributed by atoms with E-state index >= 15 is 0 Å². The fraction of sp³-hybridized carbons (Fsp3) is 1.00. The zero-order valence-electron chi connectivity index (χ0n) is 3.32. The lowest BCUT2D eigenvalue weighted by atomic mass is 11.5. The molecular formula is C2H5F2OP. The van der Waals surface area contributed by atoms with Gasteiger partial charge in [0, 0.05) is 7.11 Å². The van der Waals surface area contributed by atoms with Crippen molar-refractivity contribution in [1.29, 1.82) is 0 Å². The molecule has 0 fully saturated rings. The fourth-order valence-electron chi connectivity index (χ4n) is 0.0976. The third kappa shape index (κ3) is 4.25. The highest BCUT2D eigenvalue weighted by molar-refractivity contribution is 7.46. The highest BCUT2D eigenvalue weighted by Crippen LogP contribution is 2.37. The van der Waals surface area contributed by atoms with E-state index in [1.165, 1.54) is 7.11 Å². The standard InChI is InChI=1S/C2H5F2OP/c1-5-2-6(3)4/h2H2,1H3. The molecule has 0 aliphatic heterocycles. The minimum absolute atomic E-state index is 0.394. The summed E-state index contributed by atoms with van der Waals surface area (Å²) in [6.07, 6.45) is -0.394. The van der Waals surface area contributed by atoms with Crippen LogP contribution in [0.1, 0.15) is 0 Å². The maximum atomic E-state index is 11.0. The van der Waals surface area contributed by atoms with Gasteiger partial charge in [-0.1, -0.05) is 0 Å². The first-order valence-corrected chi connectivity index (χ1v) is 2.66. The molecule has 0 atom stereocenters. The summed E-state index contributed by atoms with van der Waals surface area (Å²) < 4.78 is 26.0. The van der Waals surface area contributed by atoms with Gasteiger partial charge in [0.1, 0.15) is 6.35 Å². The Balaban J connectivity index is 2.63. The van der Waals surface area contributed by atoms with E-state index in [1.807, 2.05) is 0 Å². The van der Waals surface area contributed by atoms with Crippen molar-refractivity contribution in [3.63, 3.8) is 0 Å². The molecule has 38 valence electrons. The maximum Gasteiger partial charge on any atom is 0.292 e. The summed E-state index contributed by atoms with van der Waals surface area (Å²) in [5.74, 6) is 0. The van der Waals surface area contributed by atoms with E-state index in [1.54, 1.807) is 0 Å². The Morgan fingerprint density at radius 3 is 2.17 bits per heavy atom. The van der Waals surface area contributed by atoms with Crippen LogP contribution in [0.4, 0.5) is 8.39 Å². The first-order valence-electron chi connectivity index (χ1n) is 1.35. The van der Waals surface area contributed by atoms with Gasteiger partial charge in [-0.2, -0.15) is 8.39 Å². The minimum atomic E-state index is -2.82. The SMILES string of the molecule is COCP(F)F. The molecule has 0 aliphatic carbocycles. The van der Waals surface area contributed by atoms with E-state index in [0.29, 0.717) is 0 Å². The molecule has 0 amide bonds. The molecule has 0 saturated heterocycles. The first-order chi connectivity index (χ1) is 2.77. The molecular weight excluding hydrogens is 109 g/mol. The molecule has 0 aromatic carbocycles. The van der Waals surface area contributed by atoms with Crippen molar-refractivity contribution < 1.29 is 13.1 Å². The van der Waals surface area contributed by atoms with Crippen LogP contribution in [-0.4, -0.2) is 13.5 Å². The molecule has 0 bridgehead atoms. The monoisotopic (exact) mass is 114 g/mol. The van der Waals surface area contributed by atoms with E-state index in [9.17, 15) is 8.39 Å². The highest BCUT2D eigenvalue weighted by atomic mass is 31.2. The van der Waals surface area contributed by atoms with Gasteiger partial charge in [0.05, 0.1) is 0 Å². The Labute approximate surface area is 36.3 Å². The molecule has 1 nitrogen and oxygen atoms in total. The predicted octanol–water partition coefficient (Wildman–Crippen LogP) is 1.84. The molecule has 0 N–H and O–H groups in total. The number of hydrogen-bond donors (Lipinski definition) is 0. The van der Waals surface area contributed by atoms with Crippen LogP contribution in [0.25, 0.3) is 0 Å². The van der Waals surface area contributed by atoms with Crippen molar-refractivity contribution in [2.75, 3.05) is 13.5 Å². The van der Waals surface area contributed by atoms with Gasteiger partial charge in [-0.15, -0.1) is 0 Å². The van der Waals surface area contributed by atoms with Crippen LogP contribution in [0.5, 0.6) is 0 Å². The molecule has 0 heterocycles. The number of hydrogen-bond acceptors (Lipinski definition) is 1. The van der Waals surface area contributed by atoms with Crippen molar-refractivity contribution >= 4 is 8.54 Å². The first kappa shape index (κ1) is 6.25. The molecule has 0 radical (unpaired) electrons. The smallest absolute Gasteiger partial charge is 0.292 e. The number of halogens is 2. The lowest BCUT2D eigenvalue weighted by Gasteiger charge is -1.88. The van der Waals surface area contributed by atoms with Crippen LogP contribution < -0.4 is 0 Å². The van der Waals surface area contributed by atoms with Crippen molar-refractivity contribution in [1.82, 2.24) is 0 Å². The lowest BCUT2D eigenvalue weighted by Crippen LogP contribution is -1.75. The second-order valence-corrected chi connectivity index (χ2v) is 1.58. The van der Waals surface area contributed by atoms with Crippen molar-refractivity contribution in [3.05, 3.63) is 0 Å². The minimum Gasteiger partial charge on any atom is -0.375 e. The largest absolute Gasteiger partial charge is 0.375 e. The second-order valence-electron chi connectivity index (χ2n) is 0.721. The van der Waals surface area contributed by atoms with Gasteiger partial charge in [0.15, 0.2) is 0 Å². The quantitative estimate of drug-likeness (QED) is 0.497. The summed E-state index contributed by atoms with van der Waals surface area (Å²) in [5, 5.41) is 0.